The van der Waals surface area contributed by atoms with Crippen LogP contribution in [0.3, 0.4) is 0 Å². The van der Waals surface area contributed by atoms with Gasteiger partial charge in [0.15, 0.2) is 0 Å². The van der Waals surface area contributed by atoms with E-state index in [2.05, 4.69) is 17.6 Å². The van der Waals surface area contributed by atoms with Gasteiger partial charge in [0, 0.05) is 34.1 Å². The lowest BCUT2D eigenvalue weighted by atomic mass is 9.99. The lowest BCUT2D eigenvalue weighted by Crippen LogP contribution is -2.46. The molecule has 7 heteroatoms. The third-order valence-corrected chi connectivity index (χ3v) is 5.22. The van der Waals surface area contributed by atoms with Gasteiger partial charge in [0.2, 0.25) is 0 Å². The van der Waals surface area contributed by atoms with Crippen LogP contribution >= 0.6 is 36.4 Å². The van der Waals surface area contributed by atoms with E-state index < -0.39 is 0 Å². The standard InChI is InChI=1S/C19H22ClN3O.2ClH/c1-11-8-14(6-7-21-11)22-19(24)16-10-18(12-2-3-12)23-17-5-4-13(20)9-15(16)17;;/h4-5,9-12,14,21H,2-3,6-8H2,1H3,(H,22,24);2*1H. The molecular weight excluding hydrogens is 393 g/mol. The molecular formula is C19H24Cl3N3O. The second kappa shape index (κ2) is 8.75. The molecule has 0 spiro atoms. The van der Waals surface area contributed by atoms with Crippen molar-refractivity contribution in [1.82, 2.24) is 15.6 Å². The lowest BCUT2D eigenvalue weighted by Gasteiger charge is -2.28. The maximum atomic E-state index is 12.9. The number of nitrogens with zero attached hydrogens (tertiary/aromatic N) is 1. The van der Waals surface area contributed by atoms with Crippen LogP contribution in [0.4, 0.5) is 0 Å². The minimum Gasteiger partial charge on any atom is -0.349 e. The zero-order chi connectivity index (χ0) is 16.7. The number of hydrogen-bond donors (Lipinski definition) is 2. The monoisotopic (exact) mass is 415 g/mol. The largest absolute Gasteiger partial charge is 0.349 e. The Labute approximate surface area is 171 Å². The number of amides is 1. The van der Waals surface area contributed by atoms with Crippen LogP contribution in [0.15, 0.2) is 24.3 Å². The third-order valence-electron chi connectivity index (χ3n) is 4.99. The second-order valence-electron chi connectivity index (χ2n) is 7.08. The predicted octanol–water partition coefficient (Wildman–Crippen LogP) is 4.48. The molecule has 0 radical (unpaired) electrons. The average Bonchev–Trinajstić information content (AvgIpc) is 3.38. The van der Waals surface area contributed by atoms with E-state index in [1.54, 1.807) is 0 Å². The number of fused-ring (bicyclic) bond motifs is 1. The number of carbonyl (C=O) groups excluding carboxylic acids is 1. The van der Waals surface area contributed by atoms with Gasteiger partial charge in [0.1, 0.15) is 0 Å². The quantitative estimate of drug-likeness (QED) is 0.775. The Balaban J connectivity index is 0.00000121. The van der Waals surface area contributed by atoms with Crippen molar-refractivity contribution in [2.75, 3.05) is 6.54 Å². The van der Waals surface area contributed by atoms with Crippen LogP contribution in [0.25, 0.3) is 10.9 Å². The predicted molar refractivity (Wildman–Crippen MR) is 111 cm³/mol. The van der Waals surface area contributed by atoms with Crippen molar-refractivity contribution in [3.05, 3.63) is 40.5 Å². The van der Waals surface area contributed by atoms with E-state index in [9.17, 15) is 4.79 Å². The first-order valence-electron chi connectivity index (χ1n) is 8.74. The van der Waals surface area contributed by atoms with E-state index in [4.69, 9.17) is 16.6 Å². The number of nitrogens with one attached hydrogen (secondary N) is 2. The number of benzene rings is 1. The number of piperidine rings is 1. The van der Waals surface area contributed by atoms with E-state index >= 15 is 0 Å². The fourth-order valence-corrected chi connectivity index (χ4v) is 3.69. The van der Waals surface area contributed by atoms with Crippen LogP contribution in [0.1, 0.15) is 54.6 Å². The van der Waals surface area contributed by atoms with Crippen LogP contribution in [0, 0.1) is 0 Å². The van der Waals surface area contributed by atoms with Crippen molar-refractivity contribution < 1.29 is 4.79 Å². The van der Waals surface area contributed by atoms with Crippen LogP contribution in [-0.4, -0.2) is 29.5 Å². The topological polar surface area (TPSA) is 54.0 Å². The van der Waals surface area contributed by atoms with Crippen molar-refractivity contribution in [3.63, 3.8) is 0 Å². The first kappa shape index (κ1) is 21.2. The first-order chi connectivity index (χ1) is 11.6. The van der Waals surface area contributed by atoms with E-state index in [1.807, 2.05) is 24.3 Å². The number of halogens is 3. The maximum absolute atomic E-state index is 12.9. The molecule has 1 aromatic carbocycles. The molecule has 142 valence electrons. The molecule has 0 bridgehead atoms. The van der Waals surface area contributed by atoms with Crippen LogP contribution in [0.5, 0.6) is 0 Å². The molecule has 4 nitrogen and oxygen atoms in total. The molecule has 1 aliphatic heterocycles. The second-order valence-corrected chi connectivity index (χ2v) is 7.52. The van der Waals surface area contributed by atoms with Gasteiger partial charge in [-0.25, -0.2) is 0 Å². The number of aromatic nitrogens is 1. The molecule has 1 aliphatic carbocycles. The molecule has 2 fully saturated rings. The van der Waals surface area contributed by atoms with E-state index in [1.165, 1.54) is 12.8 Å². The summed E-state index contributed by atoms with van der Waals surface area (Å²) in [6.07, 6.45) is 4.26. The fraction of sp³-hybridized carbons (Fsp3) is 0.474. The number of rotatable bonds is 3. The maximum Gasteiger partial charge on any atom is 0.252 e. The van der Waals surface area contributed by atoms with Gasteiger partial charge in [-0.15, -0.1) is 24.8 Å². The summed E-state index contributed by atoms with van der Waals surface area (Å²) in [6.45, 7) is 3.10. The molecule has 26 heavy (non-hydrogen) atoms. The molecule has 1 saturated heterocycles. The Morgan fingerprint density at radius 3 is 2.69 bits per heavy atom. The van der Waals surface area contributed by atoms with Gasteiger partial charge in [0.25, 0.3) is 5.91 Å². The molecule has 2 atom stereocenters. The summed E-state index contributed by atoms with van der Waals surface area (Å²) in [7, 11) is 0. The summed E-state index contributed by atoms with van der Waals surface area (Å²) >= 11 is 6.15. The number of pyridine rings is 1. The highest BCUT2D eigenvalue weighted by Crippen LogP contribution is 2.40. The molecule has 2 aliphatic rings. The molecule has 1 aromatic heterocycles. The van der Waals surface area contributed by atoms with Crippen molar-refractivity contribution >= 4 is 53.2 Å². The summed E-state index contributed by atoms with van der Waals surface area (Å²) < 4.78 is 0. The summed E-state index contributed by atoms with van der Waals surface area (Å²) in [5.74, 6) is 0.501. The van der Waals surface area contributed by atoms with Gasteiger partial charge in [0.05, 0.1) is 11.1 Å². The highest BCUT2D eigenvalue weighted by Gasteiger charge is 2.28. The zero-order valence-corrected chi connectivity index (χ0v) is 17.0. The molecule has 2 N–H and O–H groups in total. The summed E-state index contributed by atoms with van der Waals surface area (Å²) in [5.41, 5.74) is 2.59. The van der Waals surface area contributed by atoms with Gasteiger partial charge < -0.3 is 10.6 Å². The van der Waals surface area contributed by atoms with E-state index in [0.29, 0.717) is 22.5 Å². The molecule has 2 heterocycles. The molecule has 1 saturated carbocycles. The van der Waals surface area contributed by atoms with E-state index in [0.717, 1.165) is 36.0 Å². The lowest BCUT2D eigenvalue weighted by molar-refractivity contribution is 0.0927. The van der Waals surface area contributed by atoms with Crippen molar-refractivity contribution in [2.45, 2.75) is 50.6 Å². The Hall–Kier alpha value is -1.07. The molecule has 2 aromatic rings. The number of carbonyl (C=O) groups is 1. The van der Waals surface area contributed by atoms with Gasteiger partial charge in [-0.2, -0.15) is 0 Å². The van der Waals surface area contributed by atoms with Crippen molar-refractivity contribution in [1.29, 1.82) is 0 Å². The summed E-state index contributed by atoms with van der Waals surface area (Å²) in [4.78, 5) is 17.7. The van der Waals surface area contributed by atoms with Crippen LogP contribution in [0.2, 0.25) is 5.02 Å². The minimum atomic E-state index is -0.00864. The average molecular weight is 417 g/mol. The molecule has 1 amide bonds. The highest BCUT2D eigenvalue weighted by molar-refractivity contribution is 6.31. The highest BCUT2D eigenvalue weighted by atomic mass is 35.5. The SMILES string of the molecule is CC1CC(NC(=O)c2cc(C3CC3)nc3ccc(Cl)cc23)CCN1.Cl.Cl. The van der Waals surface area contributed by atoms with Crippen LogP contribution < -0.4 is 10.6 Å². The molecule has 2 unspecified atom stereocenters. The minimum absolute atomic E-state index is 0. The van der Waals surface area contributed by atoms with Gasteiger partial charge in [-0.05, 0) is 63.4 Å². The third kappa shape index (κ3) is 4.61. The smallest absolute Gasteiger partial charge is 0.252 e. The first-order valence-corrected chi connectivity index (χ1v) is 9.12. The van der Waals surface area contributed by atoms with Gasteiger partial charge >= 0.3 is 0 Å². The Morgan fingerprint density at radius 1 is 1.23 bits per heavy atom. The molecule has 4 rings (SSSR count). The Morgan fingerprint density at radius 2 is 2.00 bits per heavy atom. The Bertz CT molecular complexity index is 795. The zero-order valence-electron chi connectivity index (χ0n) is 14.6. The number of hydrogen-bond acceptors (Lipinski definition) is 3. The van der Waals surface area contributed by atoms with E-state index in [-0.39, 0.29) is 36.8 Å². The normalized spacial score (nSPS) is 22.2. The summed E-state index contributed by atoms with van der Waals surface area (Å²) in [6, 6.07) is 8.23. The van der Waals surface area contributed by atoms with Gasteiger partial charge in [-0.3, -0.25) is 9.78 Å². The summed E-state index contributed by atoms with van der Waals surface area (Å²) in [5, 5.41) is 8.10. The van der Waals surface area contributed by atoms with Gasteiger partial charge in [-0.1, -0.05) is 11.6 Å². The van der Waals surface area contributed by atoms with Crippen molar-refractivity contribution in [3.8, 4) is 0 Å². The Kier molecular flexibility index (Phi) is 7.14. The fourth-order valence-electron chi connectivity index (χ4n) is 3.52. The van der Waals surface area contributed by atoms with Crippen molar-refractivity contribution in [2.24, 2.45) is 0 Å². The van der Waals surface area contributed by atoms with Crippen LogP contribution in [-0.2, 0) is 0 Å².